The van der Waals surface area contributed by atoms with Crippen LogP contribution >= 0.6 is 0 Å². The highest BCUT2D eigenvalue weighted by Crippen LogP contribution is 2.16. The van der Waals surface area contributed by atoms with Gasteiger partial charge in [-0.1, -0.05) is 40.5 Å². The number of nitrogens with two attached hydrogens (primary N) is 1. The standard InChI is InChI=1S/C9H21N/c1-5-8(6-2)9(10)7(3)4/h7-9H,5-6,10H2,1-4H3. The molecular formula is C9H21N. The molecule has 0 radical (unpaired) electrons. The minimum Gasteiger partial charge on any atom is -0.327 e. The van der Waals surface area contributed by atoms with E-state index in [1.54, 1.807) is 0 Å². The maximum Gasteiger partial charge on any atom is 0.00901 e. The summed E-state index contributed by atoms with van der Waals surface area (Å²) in [5.74, 6) is 1.35. The fourth-order valence-electron chi connectivity index (χ4n) is 1.38. The van der Waals surface area contributed by atoms with Crippen LogP contribution in [0.1, 0.15) is 40.5 Å². The molecule has 0 saturated carbocycles. The van der Waals surface area contributed by atoms with E-state index in [0.717, 1.165) is 5.92 Å². The molecule has 62 valence electrons. The molecule has 0 fully saturated rings. The van der Waals surface area contributed by atoms with Crippen molar-refractivity contribution < 1.29 is 0 Å². The van der Waals surface area contributed by atoms with Gasteiger partial charge in [0.05, 0.1) is 0 Å². The summed E-state index contributed by atoms with van der Waals surface area (Å²) in [5, 5.41) is 0. The molecule has 1 heteroatoms. The van der Waals surface area contributed by atoms with E-state index in [0.29, 0.717) is 12.0 Å². The zero-order chi connectivity index (χ0) is 8.15. The zero-order valence-corrected chi connectivity index (χ0v) is 7.72. The van der Waals surface area contributed by atoms with Crippen molar-refractivity contribution in [1.82, 2.24) is 0 Å². The van der Waals surface area contributed by atoms with Gasteiger partial charge in [-0.25, -0.2) is 0 Å². The highest BCUT2D eigenvalue weighted by Gasteiger charge is 2.16. The predicted molar refractivity (Wildman–Crippen MR) is 46.9 cm³/mol. The Bertz CT molecular complexity index is 74.8. The molecule has 1 unspecified atom stereocenters. The van der Waals surface area contributed by atoms with E-state index < -0.39 is 0 Å². The van der Waals surface area contributed by atoms with Gasteiger partial charge in [-0.2, -0.15) is 0 Å². The third kappa shape index (κ3) is 2.70. The fourth-order valence-corrected chi connectivity index (χ4v) is 1.38. The quantitative estimate of drug-likeness (QED) is 0.642. The van der Waals surface area contributed by atoms with Crippen molar-refractivity contribution in [2.75, 3.05) is 0 Å². The second-order valence-corrected chi connectivity index (χ2v) is 3.40. The van der Waals surface area contributed by atoms with Crippen molar-refractivity contribution in [3.63, 3.8) is 0 Å². The predicted octanol–water partition coefficient (Wildman–Crippen LogP) is 2.41. The molecule has 1 atom stereocenters. The minimum absolute atomic E-state index is 0.398. The molecule has 10 heavy (non-hydrogen) atoms. The van der Waals surface area contributed by atoms with Crippen LogP contribution in [-0.4, -0.2) is 6.04 Å². The van der Waals surface area contributed by atoms with Gasteiger partial charge in [-0.15, -0.1) is 0 Å². The van der Waals surface area contributed by atoms with Crippen molar-refractivity contribution >= 4 is 0 Å². The molecule has 0 aromatic rings. The molecule has 2 N–H and O–H groups in total. The summed E-state index contributed by atoms with van der Waals surface area (Å²) in [4.78, 5) is 0. The first-order valence-corrected chi connectivity index (χ1v) is 4.39. The van der Waals surface area contributed by atoms with E-state index in [1.807, 2.05) is 0 Å². The van der Waals surface area contributed by atoms with Gasteiger partial charge >= 0.3 is 0 Å². The Morgan fingerprint density at radius 1 is 1.10 bits per heavy atom. The summed E-state index contributed by atoms with van der Waals surface area (Å²) in [5.41, 5.74) is 5.98. The molecule has 0 aromatic carbocycles. The molecule has 0 bridgehead atoms. The molecule has 0 saturated heterocycles. The van der Waals surface area contributed by atoms with E-state index in [9.17, 15) is 0 Å². The van der Waals surface area contributed by atoms with Gasteiger partial charge in [0.25, 0.3) is 0 Å². The maximum atomic E-state index is 5.98. The summed E-state index contributed by atoms with van der Waals surface area (Å²) in [6, 6.07) is 0.398. The largest absolute Gasteiger partial charge is 0.327 e. The molecule has 0 aliphatic carbocycles. The van der Waals surface area contributed by atoms with Gasteiger partial charge in [0.2, 0.25) is 0 Å². The summed E-state index contributed by atoms with van der Waals surface area (Å²) in [7, 11) is 0. The van der Waals surface area contributed by atoms with Gasteiger partial charge in [-0.3, -0.25) is 0 Å². The molecule has 0 heterocycles. The highest BCUT2D eigenvalue weighted by molar-refractivity contribution is 4.73. The van der Waals surface area contributed by atoms with Gasteiger partial charge in [0, 0.05) is 6.04 Å². The number of hydrogen-bond donors (Lipinski definition) is 1. The minimum atomic E-state index is 0.398. The normalized spacial score (nSPS) is 14.7. The monoisotopic (exact) mass is 143 g/mol. The van der Waals surface area contributed by atoms with E-state index in [2.05, 4.69) is 27.7 Å². The zero-order valence-electron chi connectivity index (χ0n) is 7.72. The SMILES string of the molecule is CCC(CC)C(N)C(C)C. The number of rotatable bonds is 4. The fraction of sp³-hybridized carbons (Fsp3) is 1.00. The average Bonchev–Trinajstić information content (AvgIpc) is 1.90. The molecule has 1 nitrogen and oxygen atoms in total. The van der Waals surface area contributed by atoms with Crippen LogP contribution in [0.25, 0.3) is 0 Å². The molecule has 0 rings (SSSR count). The van der Waals surface area contributed by atoms with Gasteiger partial charge in [0.1, 0.15) is 0 Å². The molecule has 0 spiro atoms. The van der Waals surface area contributed by atoms with Crippen LogP contribution in [-0.2, 0) is 0 Å². The Morgan fingerprint density at radius 2 is 1.50 bits per heavy atom. The molecular weight excluding hydrogens is 122 g/mol. The Labute approximate surface area is 65.0 Å². The van der Waals surface area contributed by atoms with E-state index in [4.69, 9.17) is 5.73 Å². The van der Waals surface area contributed by atoms with Crippen LogP contribution in [0.15, 0.2) is 0 Å². The number of hydrogen-bond acceptors (Lipinski definition) is 1. The second kappa shape index (κ2) is 4.73. The Kier molecular flexibility index (Phi) is 4.71. The van der Waals surface area contributed by atoms with Crippen molar-refractivity contribution in [2.45, 2.75) is 46.6 Å². The average molecular weight is 143 g/mol. The van der Waals surface area contributed by atoms with Crippen LogP contribution in [0.5, 0.6) is 0 Å². The van der Waals surface area contributed by atoms with Crippen LogP contribution in [0.3, 0.4) is 0 Å². The lowest BCUT2D eigenvalue weighted by atomic mass is 9.87. The summed E-state index contributed by atoms with van der Waals surface area (Å²) in [6.07, 6.45) is 2.44. The van der Waals surface area contributed by atoms with Gasteiger partial charge in [-0.05, 0) is 11.8 Å². The van der Waals surface area contributed by atoms with Crippen molar-refractivity contribution in [3.8, 4) is 0 Å². The van der Waals surface area contributed by atoms with Crippen LogP contribution in [0.2, 0.25) is 0 Å². The van der Waals surface area contributed by atoms with Crippen molar-refractivity contribution in [3.05, 3.63) is 0 Å². The van der Waals surface area contributed by atoms with Crippen LogP contribution in [0, 0.1) is 11.8 Å². The van der Waals surface area contributed by atoms with E-state index in [-0.39, 0.29) is 0 Å². The third-order valence-corrected chi connectivity index (χ3v) is 2.36. The van der Waals surface area contributed by atoms with E-state index >= 15 is 0 Å². The lowest BCUT2D eigenvalue weighted by Gasteiger charge is -2.24. The summed E-state index contributed by atoms with van der Waals surface area (Å²) < 4.78 is 0. The topological polar surface area (TPSA) is 26.0 Å². The first-order chi connectivity index (χ1) is 4.63. The van der Waals surface area contributed by atoms with Crippen molar-refractivity contribution in [1.29, 1.82) is 0 Å². The smallest absolute Gasteiger partial charge is 0.00901 e. The van der Waals surface area contributed by atoms with Gasteiger partial charge in [0.15, 0.2) is 0 Å². The molecule has 0 aliphatic heterocycles. The Morgan fingerprint density at radius 3 is 1.60 bits per heavy atom. The lowest BCUT2D eigenvalue weighted by molar-refractivity contribution is 0.324. The molecule has 0 aromatic heterocycles. The first kappa shape index (κ1) is 9.96. The molecule has 0 aliphatic rings. The second-order valence-electron chi connectivity index (χ2n) is 3.40. The Hall–Kier alpha value is -0.0400. The highest BCUT2D eigenvalue weighted by atomic mass is 14.7. The van der Waals surface area contributed by atoms with Gasteiger partial charge < -0.3 is 5.73 Å². The maximum absolute atomic E-state index is 5.98. The Balaban J connectivity index is 3.76. The van der Waals surface area contributed by atoms with Crippen LogP contribution in [0.4, 0.5) is 0 Å². The first-order valence-electron chi connectivity index (χ1n) is 4.39. The summed E-state index contributed by atoms with van der Waals surface area (Å²) >= 11 is 0. The van der Waals surface area contributed by atoms with Crippen molar-refractivity contribution in [2.24, 2.45) is 17.6 Å². The van der Waals surface area contributed by atoms with Crippen LogP contribution < -0.4 is 5.73 Å². The summed E-state index contributed by atoms with van der Waals surface area (Å²) in [6.45, 7) is 8.83. The lowest BCUT2D eigenvalue weighted by Crippen LogP contribution is -2.34. The van der Waals surface area contributed by atoms with E-state index in [1.165, 1.54) is 12.8 Å². The third-order valence-electron chi connectivity index (χ3n) is 2.36. The molecule has 0 amide bonds.